The van der Waals surface area contributed by atoms with Crippen molar-refractivity contribution in [1.29, 1.82) is 0 Å². The molecule has 2 rings (SSSR count). The number of guanidine groups is 1. The van der Waals surface area contributed by atoms with E-state index in [0.717, 1.165) is 13.0 Å². The lowest BCUT2D eigenvalue weighted by molar-refractivity contribution is 0.595. The maximum atomic E-state index is 11.7. The Bertz CT molecular complexity index is 782. The molecule has 0 spiro atoms. The van der Waals surface area contributed by atoms with E-state index in [1.54, 1.807) is 6.92 Å². The first-order valence-corrected chi connectivity index (χ1v) is 11.7. The molecule has 6 heteroatoms. The maximum Gasteiger partial charge on any atom is 0.191 e. The summed E-state index contributed by atoms with van der Waals surface area (Å²) in [5.41, 5.74) is 2.55. The molecule has 5 nitrogen and oxygen atoms in total. The van der Waals surface area contributed by atoms with Crippen LogP contribution in [0.4, 0.5) is 0 Å². The van der Waals surface area contributed by atoms with Crippen LogP contribution in [0.25, 0.3) is 0 Å². The SMILES string of the molecule is CCNC(=NCCC(c1ccccc1)c1ccccc1)NCCS(=O)(=O)CC. The van der Waals surface area contributed by atoms with E-state index in [1.807, 2.05) is 19.1 Å². The molecule has 0 radical (unpaired) electrons. The van der Waals surface area contributed by atoms with Crippen LogP contribution in [-0.2, 0) is 9.84 Å². The van der Waals surface area contributed by atoms with Crippen molar-refractivity contribution in [2.75, 3.05) is 31.1 Å². The molecule has 0 saturated carbocycles. The number of sulfone groups is 1. The molecule has 0 aromatic heterocycles. The molecule has 2 aromatic rings. The average Bonchev–Trinajstić information content (AvgIpc) is 2.72. The molecule has 2 aromatic carbocycles. The zero-order valence-electron chi connectivity index (χ0n) is 16.8. The van der Waals surface area contributed by atoms with Crippen LogP contribution >= 0.6 is 0 Å². The first-order valence-electron chi connectivity index (χ1n) is 9.88. The summed E-state index contributed by atoms with van der Waals surface area (Å²) in [6.45, 7) is 5.40. The fourth-order valence-corrected chi connectivity index (χ4v) is 3.71. The predicted octanol–water partition coefficient (Wildman–Crippen LogP) is 3.20. The standard InChI is InChI=1S/C22H31N3O2S/c1-3-23-22(25-17-18-28(26,27)4-2)24-16-15-21(19-11-7-5-8-12-19)20-13-9-6-10-14-20/h5-14,21H,3-4,15-18H2,1-2H3,(H2,23,24,25). The number of nitrogens with zero attached hydrogens (tertiary/aromatic N) is 1. The molecule has 0 aliphatic carbocycles. The Labute approximate surface area is 169 Å². The molecule has 0 aliphatic rings. The summed E-state index contributed by atoms with van der Waals surface area (Å²) in [5.74, 6) is 1.21. The Balaban J connectivity index is 2.03. The van der Waals surface area contributed by atoms with Crippen molar-refractivity contribution in [3.8, 4) is 0 Å². The molecule has 152 valence electrons. The lowest BCUT2D eigenvalue weighted by Gasteiger charge is -2.18. The first kappa shape index (κ1) is 22.0. The van der Waals surface area contributed by atoms with Gasteiger partial charge in [-0.1, -0.05) is 67.6 Å². The third-order valence-electron chi connectivity index (χ3n) is 4.58. The Kier molecular flexibility index (Phi) is 9.01. The largest absolute Gasteiger partial charge is 0.357 e. The van der Waals surface area contributed by atoms with E-state index < -0.39 is 9.84 Å². The van der Waals surface area contributed by atoms with E-state index in [2.05, 4.69) is 64.2 Å². The van der Waals surface area contributed by atoms with Gasteiger partial charge in [-0.05, 0) is 24.5 Å². The Morgan fingerprint density at radius 1 is 0.929 bits per heavy atom. The topological polar surface area (TPSA) is 70.6 Å². The molecule has 0 bridgehead atoms. The van der Waals surface area contributed by atoms with Crippen LogP contribution in [0.1, 0.15) is 37.3 Å². The van der Waals surface area contributed by atoms with Gasteiger partial charge in [0.1, 0.15) is 0 Å². The van der Waals surface area contributed by atoms with E-state index in [1.165, 1.54) is 11.1 Å². The fourth-order valence-electron chi connectivity index (χ4n) is 3.01. The number of aliphatic imine (C=N–C) groups is 1. The third kappa shape index (κ3) is 7.35. The highest BCUT2D eigenvalue weighted by Crippen LogP contribution is 2.27. The second kappa shape index (κ2) is 11.5. The summed E-state index contributed by atoms with van der Waals surface area (Å²) in [4.78, 5) is 4.65. The van der Waals surface area contributed by atoms with Crippen LogP contribution < -0.4 is 10.6 Å². The summed E-state index contributed by atoms with van der Waals surface area (Å²) in [7, 11) is -2.98. The Morgan fingerprint density at radius 2 is 1.50 bits per heavy atom. The number of nitrogens with one attached hydrogen (secondary N) is 2. The molecule has 0 saturated heterocycles. The number of hydrogen-bond donors (Lipinski definition) is 2. The van der Waals surface area contributed by atoms with Crippen LogP contribution in [-0.4, -0.2) is 45.5 Å². The molecule has 0 atom stereocenters. The minimum absolute atomic E-state index is 0.116. The van der Waals surface area contributed by atoms with Gasteiger partial charge in [0.15, 0.2) is 15.8 Å². The molecule has 0 fully saturated rings. The molecule has 0 heterocycles. The lowest BCUT2D eigenvalue weighted by Crippen LogP contribution is -2.39. The van der Waals surface area contributed by atoms with E-state index >= 15 is 0 Å². The summed E-state index contributed by atoms with van der Waals surface area (Å²) >= 11 is 0. The summed E-state index contributed by atoms with van der Waals surface area (Å²) in [5, 5.41) is 6.31. The van der Waals surface area contributed by atoms with Crippen molar-refractivity contribution in [2.45, 2.75) is 26.2 Å². The van der Waals surface area contributed by atoms with E-state index in [9.17, 15) is 8.42 Å². The zero-order valence-corrected chi connectivity index (χ0v) is 17.6. The van der Waals surface area contributed by atoms with Crippen molar-refractivity contribution in [3.63, 3.8) is 0 Å². The number of benzene rings is 2. The highest BCUT2D eigenvalue weighted by molar-refractivity contribution is 7.91. The first-order chi connectivity index (χ1) is 13.6. The van der Waals surface area contributed by atoms with Crippen LogP contribution in [0.5, 0.6) is 0 Å². The number of rotatable bonds is 10. The highest BCUT2D eigenvalue weighted by Gasteiger charge is 2.13. The quantitative estimate of drug-likeness (QED) is 0.474. The van der Waals surface area contributed by atoms with Crippen LogP contribution in [0.2, 0.25) is 0 Å². The summed E-state index contributed by atoms with van der Waals surface area (Å²) < 4.78 is 23.3. The van der Waals surface area contributed by atoms with Gasteiger partial charge in [-0.25, -0.2) is 8.42 Å². The molecular weight excluding hydrogens is 370 g/mol. The zero-order chi connectivity index (χ0) is 20.2. The van der Waals surface area contributed by atoms with Gasteiger partial charge in [-0.15, -0.1) is 0 Å². The number of hydrogen-bond acceptors (Lipinski definition) is 3. The van der Waals surface area contributed by atoms with E-state index in [0.29, 0.717) is 19.0 Å². The third-order valence-corrected chi connectivity index (χ3v) is 6.29. The molecule has 0 unspecified atom stereocenters. The van der Waals surface area contributed by atoms with Crippen LogP contribution in [0.15, 0.2) is 65.7 Å². The molecule has 0 aliphatic heterocycles. The normalized spacial score (nSPS) is 12.2. The second-order valence-electron chi connectivity index (χ2n) is 6.59. The van der Waals surface area contributed by atoms with Crippen molar-refractivity contribution in [2.24, 2.45) is 4.99 Å². The predicted molar refractivity (Wildman–Crippen MR) is 118 cm³/mol. The Morgan fingerprint density at radius 3 is 2.00 bits per heavy atom. The minimum atomic E-state index is -2.98. The second-order valence-corrected chi connectivity index (χ2v) is 9.06. The molecular formula is C22H31N3O2S. The molecule has 2 N–H and O–H groups in total. The van der Waals surface area contributed by atoms with Crippen molar-refractivity contribution in [3.05, 3.63) is 71.8 Å². The van der Waals surface area contributed by atoms with E-state index in [-0.39, 0.29) is 17.4 Å². The molecule has 28 heavy (non-hydrogen) atoms. The summed E-state index contributed by atoms with van der Waals surface area (Å²) in [6.07, 6.45) is 0.873. The smallest absolute Gasteiger partial charge is 0.191 e. The average molecular weight is 402 g/mol. The van der Waals surface area contributed by atoms with Gasteiger partial charge in [0, 0.05) is 31.3 Å². The van der Waals surface area contributed by atoms with Gasteiger partial charge < -0.3 is 10.6 Å². The monoisotopic (exact) mass is 401 g/mol. The fraction of sp³-hybridized carbons (Fsp3) is 0.409. The van der Waals surface area contributed by atoms with Gasteiger partial charge in [-0.2, -0.15) is 0 Å². The van der Waals surface area contributed by atoms with Gasteiger partial charge in [-0.3, -0.25) is 4.99 Å². The van der Waals surface area contributed by atoms with Gasteiger partial charge in [0.25, 0.3) is 0 Å². The van der Waals surface area contributed by atoms with Crippen molar-refractivity contribution >= 4 is 15.8 Å². The maximum absolute atomic E-state index is 11.7. The van der Waals surface area contributed by atoms with Gasteiger partial charge >= 0.3 is 0 Å². The van der Waals surface area contributed by atoms with Gasteiger partial charge in [0.05, 0.1) is 5.75 Å². The van der Waals surface area contributed by atoms with Gasteiger partial charge in [0.2, 0.25) is 0 Å². The highest BCUT2D eigenvalue weighted by atomic mass is 32.2. The van der Waals surface area contributed by atoms with Crippen molar-refractivity contribution in [1.82, 2.24) is 10.6 Å². The lowest BCUT2D eigenvalue weighted by atomic mass is 9.89. The van der Waals surface area contributed by atoms with Crippen molar-refractivity contribution < 1.29 is 8.42 Å². The molecule has 0 amide bonds. The van der Waals surface area contributed by atoms with Crippen LogP contribution in [0.3, 0.4) is 0 Å². The minimum Gasteiger partial charge on any atom is -0.357 e. The Hall–Kier alpha value is -2.34. The summed E-state index contributed by atoms with van der Waals surface area (Å²) in [6, 6.07) is 20.9. The van der Waals surface area contributed by atoms with E-state index in [4.69, 9.17) is 0 Å². The van der Waals surface area contributed by atoms with Crippen LogP contribution in [0, 0.1) is 0 Å².